The van der Waals surface area contributed by atoms with E-state index in [0.29, 0.717) is 24.9 Å². The third kappa shape index (κ3) is 2.35. The monoisotopic (exact) mass is 276 g/mol. The molecule has 3 rings (SSSR count). The zero-order chi connectivity index (χ0) is 14.3. The first-order valence-corrected chi connectivity index (χ1v) is 7.54. The Bertz CT molecular complexity index is 478. The van der Waals surface area contributed by atoms with Crippen LogP contribution in [0.15, 0.2) is 18.5 Å². The first-order chi connectivity index (χ1) is 9.52. The Kier molecular flexibility index (Phi) is 3.32. The maximum absolute atomic E-state index is 12.8. The van der Waals surface area contributed by atoms with Crippen molar-refractivity contribution in [3.63, 3.8) is 0 Å². The van der Waals surface area contributed by atoms with Crippen molar-refractivity contribution in [1.82, 2.24) is 14.7 Å². The number of carbonyl (C=O) groups excluding carboxylic acids is 1. The van der Waals surface area contributed by atoms with Crippen LogP contribution in [-0.4, -0.2) is 39.7 Å². The van der Waals surface area contributed by atoms with E-state index < -0.39 is 0 Å². The molecule has 1 saturated carbocycles. The summed E-state index contributed by atoms with van der Waals surface area (Å²) in [6.45, 7) is 6.61. The van der Waals surface area contributed by atoms with Crippen LogP contribution in [0.25, 0.3) is 0 Å². The molecule has 1 aromatic heterocycles. The topological polar surface area (TPSA) is 64.2 Å². The van der Waals surface area contributed by atoms with Gasteiger partial charge in [0, 0.05) is 31.5 Å². The van der Waals surface area contributed by atoms with Gasteiger partial charge in [-0.05, 0) is 30.7 Å². The predicted molar refractivity (Wildman–Crippen MR) is 76.8 cm³/mol. The van der Waals surface area contributed by atoms with Gasteiger partial charge in [0.25, 0.3) is 0 Å². The second-order valence-corrected chi connectivity index (χ2v) is 6.77. The molecule has 0 unspecified atom stereocenters. The minimum Gasteiger partial charge on any atom is -0.340 e. The minimum atomic E-state index is -0.211. The van der Waals surface area contributed by atoms with Crippen molar-refractivity contribution < 1.29 is 4.79 Å². The predicted octanol–water partition coefficient (Wildman–Crippen LogP) is 1.10. The van der Waals surface area contributed by atoms with E-state index in [1.165, 1.54) is 0 Å². The fraction of sp³-hybridized carbons (Fsp3) is 0.733. The molecule has 2 aliphatic rings. The van der Waals surface area contributed by atoms with Gasteiger partial charge < -0.3 is 10.6 Å². The second kappa shape index (κ2) is 4.88. The Hall–Kier alpha value is -1.36. The highest BCUT2D eigenvalue weighted by molar-refractivity contribution is 5.85. The lowest BCUT2D eigenvalue weighted by molar-refractivity contribution is -0.136. The summed E-state index contributed by atoms with van der Waals surface area (Å²) in [4.78, 5) is 14.8. The third-order valence-corrected chi connectivity index (χ3v) is 4.89. The van der Waals surface area contributed by atoms with Crippen LogP contribution in [0.5, 0.6) is 0 Å². The van der Waals surface area contributed by atoms with Crippen LogP contribution in [0.3, 0.4) is 0 Å². The smallest absolute Gasteiger partial charge is 0.230 e. The maximum atomic E-state index is 12.8. The molecular formula is C15H24N4O. The van der Waals surface area contributed by atoms with Gasteiger partial charge in [0.2, 0.25) is 5.91 Å². The molecule has 1 aliphatic heterocycles. The Morgan fingerprint density at radius 3 is 2.70 bits per heavy atom. The number of rotatable bonds is 4. The molecule has 2 heterocycles. The number of carbonyl (C=O) groups is 1. The summed E-state index contributed by atoms with van der Waals surface area (Å²) < 4.78 is 1.88. The number of likely N-dealkylation sites (tertiary alicyclic amines) is 1. The van der Waals surface area contributed by atoms with Crippen LogP contribution in [0.2, 0.25) is 0 Å². The Morgan fingerprint density at radius 2 is 2.20 bits per heavy atom. The number of amides is 1. The summed E-state index contributed by atoms with van der Waals surface area (Å²) in [5.41, 5.74) is 5.99. The van der Waals surface area contributed by atoms with E-state index in [9.17, 15) is 4.79 Å². The Balaban J connectivity index is 1.67. The third-order valence-electron chi connectivity index (χ3n) is 4.89. The molecule has 5 heteroatoms. The molecular weight excluding hydrogens is 252 g/mol. The van der Waals surface area contributed by atoms with Crippen molar-refractivity contribution in [1.29, 1.82) is 0 Å². The summed E-state index contributed by atoms with van der Waals surface area (Å²) in [6.07, 6.45) is 5.65. The standard InChI is InChI=1S/C15H24N4O/c1-11(2)12-8-18(9-13(12)16)14(20)15(4-5-15)10-19-7-3-6-17-19/h3,6-7,11-13H,4-5,8-10,16H2,1-2H3/t12-,13+/m1/s1. The average molecular weight is 276 g/mol. The molecule has 0 bridgehead atoms. The van der Waals surface area contributed by atoms with Crippen LogP contribution in [0.4, 0.5) is 0 Å². The second-order valence-electron chi connectivity index (χ2n) is 6.77. The SMILES string of the molecule is CC(C)[C@H]1CN(C(=O)C2(Cn3cccn3)CC2)C[C@@H]1N. The van der Waals surface area contributed by atoms with Gasteiger partial charge in [0.1, 0.15) is 0 Å². The van der Waals surface area contributed by atoms with E-state index in [1.54, 1.807) is 6.20 Å². The zero-order valence-corrected chi connectivity index (χ0v) is 12.3. The Labute approximate surface area is 120 Å². The fourth-order valence-electron chi connectivity index (χ4n) is 3.36. The highest BCUT2D eigenvalue weighted by Crippen LogP contribution is 2.49. The van der Waals surface area contributed by atoms with Gasteiger partial charge in [-0.2, -0.15) is 5.10 Å². The van der Waals surface area contributed by atoms with Gasteiger partial charge in [-0.25, -0.2) is 0 Å². The molecule has 0 radical (unpaired) electrons. The van der Waals surface area contributed by atoms with Gasteiger partial charge in [0.15, 0.2) is 0 Å². The summed E-state index contributed by atoms with van der Waals surface area (Å²) >= 11 is 0. The lowest BCUT2D eigenvalue weighted by Crippen LogP contribution is -2.39. The van der Waals surface area contributed by atoms with Gasteiger partial charge >= 0.3 is 0 Å². The van der Waals surface area contributed by atoms with Crippen molar-refractivity contribution in [2.45, 2.75) is 39.3 Å². The first-order valence-electron chi connectivity index (χ1n) is 7.54. The quantitative estimate of drug-likeness (QED) is 0.896. The van der Waals surface area contributed by atoms with Gasteiger partial charge in [-0.3, -0.25) is 9.48 Å². The van der Waals surface area contributed by atoms with Crippen LogP contribution < -0.4 is 5.73 Å². The molecule has 1 aromatic rings. The number of nitrogens with two attached hydrogens (primary N) is 1. The maximum Gasteiger partial charge on any atom is 0.230 e. The van der Waals surface area contributed by atoms with E-state index in [0.717, 1.165) is 19.4 Å². The molecule has 0 aromatic carbocycles. The normalized spacial score (nSPS) is 28.1. The van der Waals surface area contributed by atoms with Crippen LogP contribution >= 0.6 is 0 Å². The molecule has 2 fully saturated rings. The summed E-state index contributed by atoms with van der Waals surface area (Å²) in [5, 5.41) is 4.23. The average Bonchev–Trinajstić information content (AvgIpc) is 2.83. The summed E-state index contributed by atoms with van der Waals surface area (Å²) in [7, 11) is 0. The van der Waals surface area contributed by atoms with Crippen LogP contribution in [0, 0.1) is 17.3 Å². The zero-order valence-electron chi connectivity index (χ0n) is 12.3. The number of hydrogen-bond donors (Lipinski definition) is 1. The van der Waals surface area contributed by atoms with E-state index in [-0.39, 0.29) is 17.4 Å². The molecule has 1 aliphatic carbocycles. The van der Waals surface area contributed by atoms with Crippen molar-refractivity contribution in [2.24, 2.45) is 23.0 Å². The lowest BCUT2D eigenvalue weighted by Gasteiger charge is -2.23. The fourth-order valence-corrected chi connectivity index (χ4v) is 3.36. The van der Waals surface area contributed by atoms with Crippen molar-refractivity contribution in [3.05, 3.63) is 18.5 Å². The van der Waals surface area contributed by atoms with Gasteiger partial charge in [0.05, 0.1) is 12.0 Å². The van der Waals surface area contributed by atoms with Crippen molar-refractivity contribution in [2.75, 3.05) is 13.1 Å². The highest BCUT2D eigenvalue weighted by Gasteiger charge is 2.53. The molecule has 110 valence electrons. The molecule has 1 saturated heterocycles. The molecule has 2 N–H and O–H groups in total. The van der Waals surface area contributed by atoms with E-state index >= 15 is 0 Å². The molecule has 5 nitrogen and oxygen atoms in total. The molecule has 2 atom stereocenters. The van der Waals surface area contributed by atoms with Crippen LogP contribution in [0.1, 0.15) is 26.7 Å². The molecule has 1 amide bonds. The van der Waals surface area contributed by atoms with Gasteiger partial charge in [-0.15, -0.1) is 0 Å². The largest absolute Gasteiger partial charge is 0.340 e. The number of hydrogen-bond acceptors (Lipinski definition) is 3. The van der Waals surface area contributed by atoms with Crippen molar-refractivity contribution in [3.8, 4) is 0 Å². The summed E-state index contributed by atoms with van der Waals surface area (Å²) in [6, 6.07) is 2.03. The molecule has 20 heavy (non-hydrogen) atoms. The van der Waals surface area contributed by atoms with E-state index in [2.05, 4.69) is 18.9 Å². The lowest BCUT2D eigenvalue weighted by atomic mass is 9.92. The van der Waals surface area contributed by atoms with Gasteiger partial charge in [-0.1, -0.05) is 13.8 Å². The van der Waals surface area contributed by atoms with E-state index in [4.69, 9.17) is 5.73 Å². The molecule has 0 spiro atoms. The van der Waals surface area contributed by atoms with E-state index in [1.807, 2.05) is 21.8 Å². The number of nitrogens with zero attached hydrogens (tertiary/aromatic N) is 3. The Morgan fingerprint density at radius 1 is 1.45 bits per heavy atom. The highest BCUT2D eigenvalue weighted by atomic mass is 16.2. The van der Waals surface area contributed by atoms with Crippen LogP contribution in [-0.2, 0) is 11.3 Å². The minimum absolute atomic E-state index is 0.124. The van der Waals surface area contributed by atoms with Crippen molar-refractivity contribution >= 4 is 5.91 Å². The first kappa shape index (κ1) is 13.6. The number of aromatic nitrogens is 2. The summed E-state index contributed by atoms with van der Waals surface area (Å²) in [5.74, 6) is 1.25.